The summed E-state index contributed by atoms with van der Waals surface area (Å²) in [7, 11) is 0. The number of carbonyl (C=O) groups excluding carboxylic acids is 1. The fourth-order valence-corrected chi connectivity index (χ4v) is 1.84. The summed E-state index contributed by atoms with van der Waals surface area (Å²) in [6, 6.07) is 9.46. The van der Waals surface area contributed by atoms with Gasteiger partial charge in [-0.3, -0.25) is 4.79 Å². The Balaban J connectivity index is 2.23. The monoisotopic (exact) mass is 276 g/mol. The molecule has 0 saturated heterocycles. The van der Waals surface area contributed by atoms with Gasteiger partial charge >= 0.3 is 0 Å². The number of anilines is 2. The number of phenolic OH excluding ortho intramolecular Hbond substituents is 1. The smallest absolute Gasteiger partial charge is 0.255 e. The fraction of sp³-hybridized carbons (Fsp3) is 0.0714. The topological polar surface area (TPSA) is 75.3 Å². The highest BCUT2D eigenvalue weighted by molar-refractivity contribution is 6.33. The van der Waals surface area contributed by atoms with Crippen molar-refractivity contribution in [2.75, 3.05) is 11.1 Å². The van der Waals surface area contributed by atoms with Gasteiger partial charge < -0.3 is 16.2 Å². The van der Waals surface area contributed by atoms with Crippen molar-refractivity contribution in [1.82, 2.24) is 0 Å². The molecule has 0 spiro atoms. The number of halogens is 1. The maximum atomic E-state index is 12.1. The number of nitrogens with one attached hydrogen (secondary N) is 1. The van der Waals surface area contributed by atoms with Crippen molar-refractivity contribution >= 4 is 28.9 Å². The van der Waals surface area contributed by atoms with Crippen molar-refractivity contribution in [2.24, 2.45) is 0 Å². The normalized spacial score (nSPS) is 10.2. The van der Waals surface area contributed by atoms with Crippen molar-refractivity contribution in [3.8, 4) is 5.75 Å². The number of carbonyl (C=O) groups is 1. The van der Waals surface area contributed by atoms with Gasteiger partial charge in [0.15, 0.2) is 0 Å². The minimum atomic E-state index is -0.265. The summed E-state index contributed by atoms with van der Waals surface area (Å²) in [4.78, 5) is 12.1. The Morgan fingerprint density at radius 3 is 2.63 bits per heavy atom. The van der Waals surface area contributed by atoms with Crippen LogP contribution in [0, 0.1) is 6.92 Å². The molecule has 19 heavy (non-hydrogen) atoms. The summed E-state index contributed by atoms with van der Waals surface area (Å²) in [6.45, 7) is 1.75. The molecule has 0 aliphatic rings. The molecule has 0 unspecified atom stereocenters. The SMILES string of the molecule is Cc1cc(O)ccc1C(=O)Nc1ccc(Cl)c(N)c1. The second-order valence-corrected chi connectivity index (χ2v) is 4.60. The summed E-state index contributed by atoms with van der Waals surface area (Å²) in [6.07, 6.45) is 0. The van der Waals surface area contributed by atoms with E-state index in [1.165, 1.54) is 12.1 Å². The van der Waals surface area contributed by atoms with E-state index in [0.29, 0.717) is 27.5 Å². The largest absolute Gasteiger partial charge is 0.508 e. The highest BCUT2D eigenvalue weighted by Gasteiger charge is 2.10. The first-order valence-corrected chi connectivity index (χ1v) is 6.01. The van der Waals surface area contributed by atoms with E-state index in [9.17, 15) is 9.90 Å². The molecule has 0 saturated carbocycles. The molecular formula is C14H13ClN2O2. The molecule has 5 heteroatoms. The second kappa shape index (κ2) is 5.20. The van der Waals surface area contributed by atoms with Crippen LogP contribution < -0.4 is 11.1 Å². The molecule has 0 bridgehead atoms. The predicted molar refractivity (Wildman–Crippen MR) is 76.7 cm³/mol. The van der Waals surface area contributed by atoms with Gasteiger partial charge in [0.05, 0.1) is 10.7 Å². The zero-order valence-electron chi connectivity index (χ0n) is 10.3. The van der Waals surface area contributed by atoms with Crippen molar-refractivity contribution in [3.05, 3.63) is 52.5 Å². The minimum Gasteiger partial charge on any atom is -0.508 e. The Morgan fingerprint density at radius 2 is 2.00 bits per heavy atom. The first kappa shape index (κ1) is 13.2. The molecule has 4 nitrogen and oxygen atoms in total. The van der Waals surface area contributed by atoms with Gasteiger partial charge in [-0.1, -0.05) is 11.6 Å². The molecule has 1 amide bonds. The van der Waals surface area contributed by atoms with Crippen molar-refractivity contribution in [3.63, 3.8) is 0 Å². The van der Waals surface area contributed by atoms with Gasteiger partial charge in [0.1, 0.15) is 5.75 Å². The molecule has 0 atom stereocenters. The van der Waals surface area contributed by atoms with Crippen LogP contribution in [0.15, 0.2) is 36.4 Å². The maximum absolute atomic E-state index is 12.1. The average molecular weight is 277 g/mol. The number of aromatic hydroxyl groups is 1. The van der Waals surface area contributed by atoms with E-state index in [-0.39, 0.29) is 11.7 Å². The number of nitrogens with two attached hydrogens (primary N) is 1. The standard InChI is InChI=1S/C14H13ClN2O2/c1-8-6-10(18)3-4-11(8)14(19)17-9-2-5-12(15)13(16)7-9/h2-7,18H,16H2,1H3,(H,17,19). The van der Waals surface area contributed by atoms with Crippen LogP contribution in [-0.2, 0) is 0 Å². The third-order valence-corrected chi connectivity index (χ3v) is 3.05. The van der Waals surface area contributed by atoms with Crippen molar-refractivity contribution in [2.45, 2.75) is 6.92 Å². The molecule has 98 valence electrons. The van der Waals surface area contributed by atoms with Crippen molar-refractivity contribution in [1.29, 1.82) is 0 Å². The summed E-state index contributed by atoms with van der Waals surface area (Å²) in [5, 5.41) is 12.5. The van der Waals surface area contributed by atoms with Crippen LogP contribution in [0.1, 0.15) is 15.9 Å². The maximum Gasteiger partial charge on any atom is 0.255 e. The summed E-state index contributed by atoms with van der Waals surface area (Å²) < 4.78 is 0. The molecule has 0 aliphatic carbocycles. The van der Waals surface area contributed by atoms with Crippen LogP contribution in [0.25, 0.3) is 0 Å². The van der Waals surface area contributed by atoms with Crippen LogP contribution in [-0.4, -0.2) is 11.0 Å². The van der Waals surface area contributed by atoms with E-state index in [2.05, 4.69) is 5.32 Å². The molecule has 0 aromatic heterocycles. The van der Waals surface area contributed by atoms with Crippen LogP contribution in [0.5, 0.6) is 5.75 Å². The zero-order chi connectivity index (χ0) is 14.0. The number of aryl methyl sites for hydroxylation is 1. The summed E-state index contributed by atoms with van der Waals surface area (Å²) in [5.74, 6) is -0.135. The predicted octanol–water partition coefficient (Wildman–Crippen LogP) is 3.19. The van der Waals surface area contributed by atoms with Crippen molar-refractivity contribution < 1.29 is 9.90 Å². The van der Waals surface area contributed by atoms with E-state index in [1.807, 2.05) is 0 Å². The minimum absolute atomic E-state index is 0.129. The van der Waals surface area contributed by atoms with Crippen LogP contribution in [0.4, 0.5) is 11.4 Å². The first-order valence-electron chi connectivity index (χ1n) is 5.63. The molecule has 0 heterocycles. The highest BCUT2D eigenvalue weighted by atomic mass is 35.5. The van der Waals surface area contributed by atoms with E-state index in [4.69, 9.17) is 17.3 Å². The number of benzene rings is 2. The van der Waals surface area contributed by atoms with Gasteiger partial charge in [0.2, 0.25) is 0 Å². The van der Waals surface area contributed by atoms with Gasteiger partial charge in [-0.2, -0.15) is 0 Å². The summed E-state index contributed by atoms with van der Waals surface area (Å²) >= 11 is 5.81. The van der Waals surface area contributed by atoms with E-state index < -0.39 is 0 Å². The molecule has 4 N–H and O–H groups in total. The Kier molecular flexibility index (Phi) is 3.62. The Labute approximate surface area is 115 Å². The van der Waals surface area contributed by atoms with Gasteiger partial charge in [-0.15, -0.1) is 0 Å². The van der Waals surface area contributed by atoms with Crippen LogP contribution in [0.2, 0.25) is 5.02 Å². The Bertz CT molecular complexity index is 641. The second-order valence-electron chi connectivity index (χ2n) is 4.19. The molecule has 0 aliphatic heterocycles. The first-order chi connectivity index (χ1) is 8.97. The number of hydrogen-bond acceptors (Lipinski definition) is 3. The van der Waals surface area contributed by atoms with Gasteiger partial charge in [0, 0.05) is 11.3 Å². The lowest BCUT2D eigenvalue weighted by Crippen LogP contribution is -2.13. The molecule has 0 fully saturated rings. The number of rotatable bonds is 2. The quantitative estimate of drug-likeness (QED) is 0.737. The van der Waals surface area contributed by atoms with E-state index >= 15 is 0 Å². The average Bonchev–Trinajstić information content (AvgIpc) is 2.33. The van der Waals surface area contributed by atoms with Gasteiger partial charge in [0.25, 0.3) is 5.91 Å². The lowest BCUT2D eigenvalue weighted by molar-refractivity contribution is 0.102. The number of phenols is 1. The highest BCUT2D eigenvalue weighted by Crippen LogP contribution is 2.23. The number of amides is 1. The van der Waals surface area contributed by atoms with Gasteiger partial charge in [-0.25, -0.2) is 0 Å². The third kappa shape index (κ3) is 2.98. The third-order valence-electron chi connectivity index (χ3n) is 2.71. The Morgan fingerprint density at radius 1 is 1.26 bits per heavy atom. The molecule has 2 aromatic carbocycles. The number of nitrogen functional groups attached to an aromatic ring is 1. The molecule has 2 aromatic rings. The lowest BCUT2D eigenvalue weighted by Gasteiger charge is -2.09. The van der Waals surface area contributed by atoms with E-state index in [1.54, 1.807) is 31.2 Å². The summed E-state index contributed by atoms with van der Waals surface area (Å²) in [5.41, 5.74) is 7.83. The van der Waals surface area contributed by atoms with Crippen LogP contribution >= 0.6 is 11.6 Å². The molecule has 0 radical (unpaired) electrons. The zero-order valence-corrected chi connectivity index (χ0v) is 11.0. The van der Waals surface area contributed by atoms with Crippen LogP contribution in [0.3, 0.4) is 0 Å². The van der Waals surface area contributed by atoms with Gasteiger partial charge in [-0.05, 0) is 48.9 Å². The van der Waals surface area contributed by atoms with E-state index in [0.717, 1.165) is 0 Å². The number of hydrogen-bond donors (Lipinski definition) is 3. The fourth-order valence-electron chi connectivity index (χ4n) is 1.72. The lowest BCUT2D eigenvalue weighted by atomic mass is 10.1. The Hall–Kier alpha value is -2.20. The molecular weight excluding hydrogens is 264 g/mol. The molecule has 2 rings (SSSR count).